The van der Waals surface area contributed by atoms with Crippen LogP contribution in [0.5, 0.6) is 0 Å². The third kappa shape index (κ3) is 5.34. The van der Waals surface area contributed by atoms with Gasteiger partial charge in [0.25, 0.3) is 5.91 Å². The monoisotopic (exact) mass is 543 g/mol. The molecule has 2 aliphatic heterocycles. The van der Waals surface area contributed by atoms with E-state index in [0.29, 0.717) is 38.3 Å². The number of nitrogens with zero attached hydrogens (tertiary/aromatic N) is 5. The number of sulfonamides is 1. The third-order valence-electron chi connectivity index (χ3n) is 7.75. The van der Waals surface area contributed by atoms with Crippen molar-refractivity contribution in [1.82, 2.24) is 23.7 Å². The number of para-hydroxylation sites is 2. The highest BCUT2D eigenvalue weighted by Crippen LogP contribution is 2.23. The minimum absolute atomic E-state index is 0.0592. The summed E-state index contributed by atoms with van der Waals surface area (Å²) in [7, 11) is -3.48. The van der Waals surface area contributed by atoms with E-state index < -0.39 is 10.0 Å². The van der Waals surface area contributed by atoms with Crippen molar-refractivity contribution in [1.29, 1.82) is 0 Å². The Morgan fingerprint density at radius 2 is 1.41 bits per heavy atom. The van der Waals surface area contributed by atoms with Gasteiger partial charge in [0.15, 0.2) is 0 Å². The van der Waals surface area contributed by atoms with Gasteiger partial charge in [0.1, 0.15) is 5.82 Å². The number of amides is 1. The number of piperazine rings is 1. The molecule has 0 spiro atoms. The summed E-state index contributed by atoms with van der Waals surface area (Å²) in [6.45, 7) is 5.34. The molecular weight excluding hydrogens is 510 g/mol. The number of benzene rings is 3. The SMILES string of the molecule is O=C(c1ccc(S(=O)(=O)N2CCCC2)cc1)N1CCN(Cc2nc3ccccc3n2Cc2ccccc2)CC1. The van der Waals surface area contributed by atoms with E-state index in [4.69, 9.17) is 4.98 Å². The highest BCUT2D eigenvalue weighted by atomic mass is 32.2. The summed E-state index contributed by atoms with van der Waals surface area (Å²) in [6, 6.07) is 25.1. The quantitative estimate of drug-likeness (QED) is 0.354. The predicted molar refractivity (Wildman–Crippen MR) is 151 cm³/mol. The molecule has 39 heavy (non-hydrogen) atoms. The molecule has 8 nitrogen and oxygen atoms in total. The van der Waals surface area contributed by atoms with Crippen LogP contribution < -0.4 is 0 Å². The molecule has 202 valence electrons. The summed E-state index contributed by atoms with van der Waals surface area (Å²) in [5.74, 6) is 0.964. The van der Waals surface area contributed by atoms with Gasteiger partial charge in [0, 0.05) is 51.4 Å². The normalized spacial score (nSPS) is 17.2. The Hall–Kier alpha value is -3.53. The first-order valence-corrected chi connectivity index (χ1v) is 15.0. The molecule has 0 radical (unpaired) electrons. The zero-order valence-electron chi connectivity index (χ0n) is 21.9. The van der Waals surface area contributed by atoms with Crippen molar-refractivity contribution >= 4 is 27.0 Å². The van der Waals surface area contributed by atoms with Gasteiger partial charge in [-0.15, -0.1) is 0 Å². The summed E-state index contributed by atoms with van der Waals surface area (Å²) >= 11 is 0. The van der Waals surface area contributed by atoms with Gasteiger partial charge >= 0.3 is 0 Å². The predicted octanol–water partition coefficient (Wildman–Crippen LogP) is 3.83. The fraction of sp³-hybridized carbons (Fsp3) is 0.333. The maximum Gasteiger partial charge on any atom is 0.253 e. The molecule has 0 unspecified atom stereocenters. The lowest BCUT2D eigenvalue weighted by Crippen LogP contribution is -2.48. The number of hydrogen-bond acceptors (Lipinski definition) is 5. The zero-order valence-corrected chi connectivity index (χ0v) is 22.8. The maximum absolute atomic E-state index is 13.2. The minimum Gasteiger partial charge on any atom is -0.336 e. The van der Waals surface area contributed by atoms with Crippen LogP contribution in [0.15, 0.2) is 83.8 Å². The van der Waals surface area contributed by atoms with Gasteiger partial charge in [-0.25, -0.2) is 13.4 Å². The molecule has 0 bridgehead atoms. The Morgan fingerprint density at radius 3 is 2.13 bits per heavy atom. The fourth-order valence-corrected chi connectivity index (χ4v) is 7.04. The molecule has 9 heteroatoms. The number of fused-ring (bicyclic) bond motifs is 1. The van der Waals surface area contributed by atoms with E-state index >= 15 is 0 Å². The molecule has 2 aliphatic rings. The molecule has 4 aromatic rings. The molecule has 3 heterocycles. The average molecular weight is 544 g/mol. The van der Waals surface area contributed by atoms with Crippen LogP contribution in [0.2, 0.25) is 0 Å². The molecule has 1 amide bonds. The standard InChI is InChI=1S/C30H33N5O3S/c36-30(25-12-14-26(15-13-25)39(37,38)34-16-6-7-17-34)33-20-18-32(19-21-33)23-29-31-27-10-4-5-11-28(27)35(29)22-24-8-2-1-3-9-24/h1-5,8-15H,6-7,16-23H2. The number of carbonyl (C=O) groups excluding carboxylic acids is 1. The molecule has 2 fully saturated rings. The largest absolute Gasteiger partial charge is 0.336 e. The second-order valence-corrected chi connectivity index (χ2v) is 12.2. The van der Waals surface area contributed by atoms with E-state index in [-0.39, 0.29) is 10.8 Å². The van der Waals surface area contributed by atoms with Crippen LogP contribution in [0, 0.1) is 0 Å². The molecule has 6 rings (SSSR count). The molecule has 1 aromatic heterocycles. The lowest BCUT2D eigenvalue weighted by atomic mass is 10.2. The zero-order chi connectivity index (χ0) is 26.8. The lowest BCUT2D eigenvalue weighted by molar-refractivity contribution is 0.0624. The molecule has 0 aliphatic carbocycles. The van der Waals surface area contributed by atoms with Gasteiger partial charge in [-0.05, 0) is 54.8 Å². The smallest absolute Gasteiger partial charge is 0.253 e. The Balaban J connectivity index is 1.11. The molecule has 0 N–H and O–H groups in total. The van der Waals surface area contributed by atoms with E-state index in [0.717, 1.165) is 49.3 Å². The van der Waals surface area contributed by atoms with Gasteiger partial charge in [0.2, 0.25) is 10.0 Å². The first-order chi connectivity index (χ1) is 19.0. The van der Waals surface area contributed by atoms with E-state index in [1.807, 2.05) is 23.1 Å². The second kappa shape index (κ2) is 10.9. The van der Waals surface area contributed by atoms with E-state index in [1.54, 1.807) is 24.3 Å². The lowest BCUT2D eigenvalue weighted by Gasteiger charge is -2.34. The molecule has 0 saturated carbocycles. The molecular formula is C30H33N5O3S. The number of imidazole rings is 1. The Labute approximate surface area is 229 Å². The maximum atomic E-state index is 13.2. The topological polar surface area (TPSA) is 78.8 Å². The van der Waals surface area contributed by atoms with Crippen molar-refractivity contribution in [2.24, 2.45) is 0 Å². The van der Waals surface area contributed by atoms with Crippen molar-refractivity contribution < 1.29 is 13.2 Å². The van der Waals surface area contributed by atoms with Gasteiger partial charge in [0.05, 0.1) is 22.5 Å². The number of rotatable bonds is 7. The van der Waals surface area contributed by atoms with E-state index in [1.165, 1.54) is 9.87 Å². The van der Waals surface area contributed by atoms with Crippen molar-refractivity contribution in [2.45, 2.75) is 30.8 Å². The summed E-state index contributed by atoms with van der Waals surface area (Å²) in [6.07, 6.45) is 1.79. The summed E-state index contributed by atoms with van der Waals surface area (Å²) in [4.78, 5) is 22.6. The van der Waals surface area contributed by atoms with Crippen molar-refractivity contribution in [3.8, 4) is 0 Å². The van der Waals surface area contributed by atoms with Crippen LogP contribution in [0.3, 0.4) is 0 Å². The number of carbonyl (C=O) groups is 1. The van der Waals surface area contributed by atoms with Gasteiger partial charge in [-0.3, -0.25) is 9.69 Å². The average Bonchev–Trinajstić information content (AvgIpc) is 3.64. The van der Waals surface area contributed by atoms with Crippen LogP contribution in [-0.2, 0) is 23.1 Å². The molecule has 0 atom stereocenters. The summed E-state index contributed by atoms with van der Waals surface area (Å²) in [5.41, 5.74) is 3.87. The Kier molecular flexibility index (Phi) is 7.20. The van der Waals surface area contributed by atoms with Gasteiger partial charge < -0.3 is 9.47 Å². The second-order valence-electron chi connectivity index (χ2n) is 10.3. The highest BCUT2D eigenvalue weighted by molar-refractivity contribution is 7.89. The van der Waals surface area contributed by atoms with Crippen LogP contribution in [-0.4, -0.2) is 77.2 Å². The van der Waals surface area contributed by atoms with Gasteiger partial charge in [-0.2, -0.15) is 4.31 Å². The number of hydrogen-bond donors (Lipinski definition) is 0. The molecule has 2 saturated heterocycles. The van der Waals surface area contributed by atoms with Crippen molar-refractivity contribution in [3.63, 3.8) is 0 Å². The first kappa shape index (κ1) is 25.7. The Bertz CT molecular complexity index is 1550. The minimum atomic E-state index is -3.48. The van der Waals surface area contributed by atoms with Gasteiger partial charge in [-0.1, -0.05) is 42.5 Å². The van der Waals surface area contributed by atoms with Crippen LogP contribution in [0.25, 0.3) is 11.0 Å². The fourth-order valence-electron chi connectivity index (χ4n) is 5.53. The first-order valence-electron chi connectivity index (χ1n) is 13.6. The highest BCUT2D eigenvalue weighted by Gasteiger charge is 2.28. The van der Waals surface area contributed by atoms with Crippen molar-refractivity contribution in [3.05, 3.63) is 95.8 Å². The van der Waals surface area contributed by atoms with E-state index in [9.17, 15) is 13.2 Å². The summed E-state index contributed by atoms with van der Waals surface area (Å²) < 4.78 is 29.4. The number of aromatic nitrogens is 2. The third-order valence-corrected chi connectivity index (χ3v) is 9.66. The molecule has 3 aromatic carbocycles. The van der Waals surface area contributed by atoms with E-state index in [2.05, 4.69) is 45.9 Å². The van der Waals surface area contributed by atoms with Crippen molar-refractivity contribution in [2.75, 3.05) is 39.3 Å². The Morgan fingerprint density at radius 1 is 0.744 bits per heavy atom. The van der Waals surface area contributed by atoms with Crippen LogP contribution in [0.1, 0.15) is 34.6 Å². The summed E-state index contributed by atoms with van der Waals surface area (Å²) in [5, 5.41) is 0. The van der Waals surface area contributed by atoms with Crippen LogP contribution in [0.4, 0.5) is 0 Å². The van der Waals surface area contributed by atoms with Crippen LogP contribution >= 0.6 is 0 Å².